The monoisotopic (exact) mass is 341 g/mol. The first-order valence-corrected chi connectivity index (χ1v) is 9.45. The number of aromatic amines is 1. The van der Waals surface area contributed by atoms with Crippen molar-refractivity contribution >= 4 is 22.9 Å². The summed E-state index contributed by atoms with van der Waals surface area (Å²) >= 11 is 0. The van der Waals surface area contributed by atoms with Gasteiger partial charge in [0.2, 0.25) is 11.9 Å². The first kappa shape index (κ1) is 16.4. The highest BCUT2D eigenvalue weighted by molar-refractivity contribution is 5.81. The van der Waals surface area contributed by atoms with Crippen molar-refractivity contribution in [2.24, 2.45) is 0 Å². The van der Waals surface area contributed by atoms with E-state index < -0.39 is 0 Å². The molecule has 6 heteroatoms. The third-order valence-corrected chi connectivity index (χ3v) is 5.62. The number of hydrogen-bond donors (Lipinski definition) is 2. The van der Waals surface area contributed by atoms with Gasteiger partial charge < -0.3 is 15.2 Å². The van der Waals surface area contributed by atoms with E-state index in [4.69, 9.17) is 0 Å². The number of H-pyrrole nitrogens is 1. The third kappa shape index (κ3) is 3.49. The van der Waals surface area contributed by atoms with Gasteiger partial charge in [-0.3, -0.25) is 9.69 Å². The number of carbonyl (C=O) groups excluding carboxylic acids is 1. The molecule has 1 unspecified atom stereocenters. The molecule has 2 aromatic rings. The third-order valence-electron chi connectivity index (χ3n) is 5.62. The summed E-state index contributed by atoms with van der Waals surface area (Å²) < 4.78 is 0. The number of piperazine rings is 1. The number of para-hydroxylation sites is 2. The number of rotatable bonds is 4. The zero-order valence-corrected chi connectivity index (χ0v) is 14.9. The fourth-order valence-corrected chi connectivity index (χ4v) is 3.97. The minimum atomic E-state index is -0.0570. The highest BCUT2D eigenvalue weighted by Gasteiger charge is 2.28. The smallest absolute Gasteiger partial charge is 0.237 e. The van der Waals surface area contributed by atoms with Crippen LogP contribution < -0.4 is 10.2 Å². The van der Waals surface area contributed by atoms with Gasteiger partial charge in [0.25, 0.3) is 0 Å². The van der Waals surface area contributed by atoms with Crippen LogP contribution in [0.5, 0.6) is 0 Å². The fraction of sp³-hybridized carbons (Fsp3) is 0.579. The number of imidazole rings is 1. The molecule has 1 atom stereocenters. The SMILES string of the molecule is CC(C(=O)NC1CCCC1)N1CCN(c2nc3ccccc3[nH]2)CC1. The number of nitrogens with zero attached hydrogens (tertiary/aromatic N) is 3. The van der Waals surface area contributed by atoms with Crippen LogP contribution in [0.4, 0.5) is 5.95 Å². The lowest BCUT2D eigenvalue weighted by Crippen LogP contribution is -2.55. The molecule has 1 aromatic heterocycles. The van der Waals surface area contributed by atoms with E-state index in [1.165, 1.54) is 12.8 Å². The highest BCUT2D eigenvalue weighted by atomic mass is 16.2. The quantitative estimate of drug-likeness (QED) is 0.894. The van der Waals surface area contributed by atoms with Crippen molar-refractivity contribution < 1.29 is 4.79 Å². The Bertz CT molecular complexity index is 695. The van der Waals surface area contributed by atoms with Crippen molar-refractivity contribution in [1.29, 1.82) is 0 Å². The van der Waals surface area contributed by atoms with E-state index >= 15 is 0 Å². The predicted octanol–water partition coefficient (Wildman–Crippen LogP) is 2.13. The van der Waals surface area contributed by atoms with E-state index in [9.17, 15) is 4.79 Å². The Morgan fingerprint density at radius 2 is 1.92 bits per heavy atom. The van der Waals surface area contributed by atoms with Crippen molar-refractivity contribution in [1.82, 2.24) is 20.2 Å². The summed E-state index contributed by atoms with van der Waals surface area (Å²) in [6, 6.07) is 8.45. The molecule has 1 saturated heterocycles. The molecule has 1 aliphatic heterocycles. The van der Waals surface area contributed by atoms with Crippen LogP contribution in [0.15, 0.2) is 24.3 Å². The van der Waals surface area contributed by atoms with Crippen molar-refractivity contribution in [3.8, 4) is 0 Å². The van der Waals surface area contributed by atoms with Crippen LogP contribution in [-0.2, 0) is 4.79 Å². The number of nitrogens with one attached hydrogen (secondary N) is 2. The number of benzene rings is 1. The van der Waals surface area contributed by atoms with Crippen LogP contribution in [0.3, 0.4) is 0 Å². The molecule has 2 N–H and O–H groups in total. The van der Waals surface area contributed by atoms with Crippen LogP contribution in [-0.4, -0.2) is 59.0 Å². The van der Waals surface area contributed by atoms with Gasteiger partial charge in [-0.15, -0.1) is 0 Å². The molecule has 0 bridgehead atoms. The molecular weight excluding hydrogens is 314 g/mol. The van der Waals surface area contributed by atoms with Crippen molar-refractivity contribution in [2.75, 3.05) is 31.1 Å². The second-order valence-corrected chi connectivity index (χ2v) is 7.27. The van der Waals surface area contributed by atoms with E-state index in [1.807, 2.05) is 25.1 Å². The lowest BCUT2D eigenvalue weighted by molar-refractivity contribution is -0.126. The molecule has 0 radical (unpaired) electrons. The van der Waals surface area contributed by atoms with Gasteiger partial charge in [-0.25, -0.2) is 4.98 Å². The zero-order chi connectivity index (χ0) is 17.2. The van der Waals surface area contributed by atoms with Gasteiger partial charge in [-0.05, 0) is 31.9 Å². The maximum absolute atomic E-state index is 12.5. The topological polar surface area (TPSA) is 64.3 Å². The fourth-order valence-electron chi connectivity index (χ4n) is 3.97. The Hall–Kier alpha value is -2.08. The van der Waals surface area contributed by atoms with Crippen LogP contribution in [0.2, 0.25) is 0 Å². The lowest BCUT2D eigenvalue weighted by atomic mass is 10.2. The summed E-state index contributed by atoms with van der Waals surface area (Å²) in [6.45, 7) is 5.58. The Morgan fingerprint density at radius 3 is 2.64 bits per heavy atom. The van der Waals surface area contributed by atoms with Crippen molar-refractivity contribution in [3.63, 3.8) is 0 Å². The number of anilines is 1. The van der Waals surface area contributed by atoms with Crippen LogP contribution >= 0.6 is 0 Å². The van der Waals surface area contributed by atoms with Crippen molar-refractivity contribution in [3.05, 3.63) is 24.3 Å². The van der Waals surface area contributed by atoms with E-state index in [2.05, 4.69) is 31.2 Å². The normalized spacial score (nSPS) is 20.9. The summed E-state index contributed by atoms with van der Waals surface area (Å²) in [6.07, 6.45) is 4.77. The van der Waals surface area contributed by atoms with Gasteiger partial charge >= 0.3 is 0 Å². The number of carbonyl (C=O) groups is 1. The van der Waals surface area contributed by atoms with Crippen molar-refractivity contribution in [2.45, 2.75) is 44.7 Å². The number of aromatic nitrogens is 2. The standard InChI is InChI=1S/C19H27N5O/c1-14(18(25)20-15-6-2-3-7-15)23-10-12-24(13-11-23)19-21-16-8-4-5-9-17(16)22-19/h4-5,8-9,14-15H,2-3,6-7,10-13H2,1H3,(H,20,25)(H,21,22). The van der Waals surface area contributed by atoms with E-state index in [1.54, 1.807) is 0 Å². The van der Waals surface area contributed by atoms with Gasteiger partial charge in [-0.2, -0.15) is 0 Å². The molecule has 1 amide bonds. The molecule has 134 valence electrons. The summed E-state index contributed by atoms with van der Waals surface area (Å²) in [7, 11) is 0. The van der Waals surface area contributed by atoms with Crippen LogP contribution in [0.1, 0.15) is 32.6 Å². The largest absolute Gasteiger partial charge is 0.352 e. The average molecular weight is 341 g/mol. The van der Waals surface area contributed by atoms with Gasteiger partial charge in [0, 0.05) is 32.2 Å². The first-order valence-electron chi connectivity index (χ1n) is 9.45. The minimum absolute atomic E-state index is 0.0570. The summed E-state index contributed by atoms with van der Waals surface area (Å²) in [5, 5.41) is 3.22. The van der Waals surface area contributed by atoms with Gasteiger partial charge in [0.1, 0.15) is 0 Å². The molecule has 2 heterocycles. The molecule has 6 nitrogen and oxygen atoms in total. The Labute approximate surface area is 148 Å². The minimum Gasteiger partial charge on any atom is -0.352 e. The average Bonchev–Trinajstić information content (AvgIpc) is 3.30. The van der Waals surface area contributed by atoms with Gasteiger partial charge in [0.05, 0.1) is 17.1 Å². The summed E-state index contributed by atoms with van der Waals surface area (Å²) in [4.78, 5) is 25.1. The molecule has 1 aliphatic carbocycles. The summed E-state index contributed by atoms with van der Waals surface area (Å²) in [5.74, 6) is 1.12. The molecule has 0 spiro atoms. The Kier molecular flexibility index (Phi) is 4.61. The molecule has 1 aromatic carbocycles. The second-order valence-electron chi connectivity index (χ2n) is 7.27. The van der Waals surface area contributed by atoms with Crippen LogP contribution in [0, 0.1) is 0 Å². The molecule has 25 heavy (non-hydrogen) atoms. The number of hydrogen-bond acceptors (Lipinski definition) is 4. The van der Waals surface area contributed by atoms with Gasteiger partial charge in [-0.1, -0.05) is 25.0 Å². The molecule has 4 rings (SSSR count). The first-order chi connectivity index (χ1) is 12.2. The second kappa shape index (κ2) is 7.04. The van der Waals surface area contributed by atoms with E-state index in [-0.39, 0.29) is 11.9 Å². The number of fused-ring (bicyclic) bond motifs is 1. The molecular formula is C19H27N5O. The Balaban J connectivity index is 1.33. The molecule has 1 saturated carbocycles. The zero-order valence-electron chi connectivity index (χ0n) is 14.9. The Morgan fingerprint density at radius 1 is 1.20 bits per heavy atom. The van der Waals surface area contributed by atoms with Gasteiger partial charge in [0.15, 0.2) is 0 Å². The maximum atomic E-state index is 12.5. The molecule has 2 aliphatic rings. The highest BCUT2D eigenvalue weighted by Crippen LogP contribution is 2.20. The predicted molar refractivity (Wildman–Crippen MR) is 99.7 cm³/mol. The summed E-state index contributed by atoms with van der Waals surface area (Å²) in [5.41, 5.74) is 2.08. The molecule has 2 fully saturated rings. The van der Waals surface area contributed by atoms with E-state index in [0.717, 1.165) is 56.0 Å². The number of amides is 1. The lowest BCUT2D eigenvalue weighted by Gasteiger charge is -2.37. The van der Waals surface area contributed by atoms with E-state index in [0.29, 0.717) is 6.04 Å². The maximum Gasteiger partial charge on any atom is 0.237 e. The van der Waals surface area contributed by atoms with Crippen LogP contribution in [0.25, 0.3) is 11.0 Å².